The van der Waals surface area contributed by atoms with Crippen molar-refractivity contribution < 1.29 is 9.47 Å². The molecule has 2 aliphatic heterocycles. The molecule has 1 fully saturated rings. The minimum atomic E-state index is 0.315. The lowest BCUT2D eigenvalue weighted by Crippen LogP contribution is -2.36. The average Bonchev–Trinajstić information content (AvgIpc) is 3.15. The van der Waals surface area contributed by atoms with E-state index < -0.39 is 0 Å². The Morgan fingerprint density at radius 3 is 2.81 bits per heavy atom. The fourth-order valence-electron chi connectivity index (χ4n) is 3.45. The van der Waals surface area contributed by atoms with Crippen molar-refractivity contribution >= 4 is 0 Å². The van der Waals surface area contributed by atoms with Gasteiger partial charge in [0.05, 0.1) is 0 Å². The highest BCUT2D eigenvalue weighted by molar-refractivity contribution is 5.48. The summed E-state index contributed by atoms with van der Waals surface area (Å²) in [5.74, 6) is 3.76. The number of likely N-dealkylation sites (tertiary alicyclic amines) is 1. The fraction of sp³-hybridized carbons (Fsp3) is 0.524. The van der Waals surface area contributed by atoms with E-state index in [0.717, 1.165) is 49.2 Å². The van der Waals surface area contributed by atoms with Gasteiger partial charge in [-0.15, -0.1) is 0 Å². The van der Waals surface area contributed by atoms with Gasteiger partial charge in [-0.05, 0) is 43.4 Å². The van der Waals surface area contributed by atoms with Gasteiger partial charge in [-0.1, -0.05) is 25.1 Å². The van der Waals surface area contributed by atoms with E-state index in [1.165, 1.54) is 24.2 Å². The second-order valence-electron chi connectivity index (χ2n) is 7.07. The van der Waals surface area contributed by atoms with Crippen LogP contribution < -0.4 is 20.1 Å². The van der Waals surface area contributed by atoms with Crippen molar-refractivity contribution in [1.82, 2.24) is 15.5 Å². The normalized spacial score (nSPS) is 18.3. The molecule has 3 rings (SSSR count). The maximum Gasteiger partial charge on any atom is 0.231 e. The number of para-hydroxylation sites is 1. The number of ether oxygens (including phenoxy) is 2. The lowest BCUT2D eigenvalue weighted by molar-refractivity contribution is 0.173. The zero-order chi connectivity index (χ0) is 18.4. The molecule has 2 heterocycles. The number of benzene rings is 1. The van der Waals surface area contributed by atoms with Crippen LogP contribution in [0.4, 0.5) is 0 Å². The maximum absolute atomic E-state index is 5.58. The van der Waals surface area contributed by atoms with Crippen molar-refractivity contribution in [2.75, 3.05) is 33.5 Å². The third-order valence-corrected chi connectivity index (χ3v) is 5.20. The van der Waals surface area contributed by atoms with Crippen LogP contribution in [0.5, 0.6) is 11.5 Å². The van der Waals surface area contributed by atoms with Gasteiger partial charge in [0, 0.05) is 38.8 Å². The molecule has 0 saturated carbocycles. The number of nitrogens with zero attached hydrogens (tertiary/aromatic N) is 1. The summed E-state index contributed by atoms with van der Waals surface area (Å²) in [6.07, 6.45) is 6.97. The first-order valence-electron chi connectivity index (χ1n) is 9.59. The number of rotatable bonds is 7. The molecule has 1 aromatic rings. The quantitative estimate of drug-likeness (QED) is 0.734. The molecule has 1 saturated heterocycles. The molecule has 0 amide bonds. The van der Waals surface area contributed by atoms with E-state index in [0.29, 0.717) is 6.79 Å². The van der Waals surface area contributed by atoms with Crippen molar-refractivity contribution in [2.24, 2.45) is 5.92 Å². The Morgan fingerprint density at radius 1 is 1.27 bits per heavy atom. The maximum atomic E-state index is 5.58. The first-order valence-corrected chi connectivity index (χ1v) is 9.59. The smallest absolute Gasteiger partial charge is 0.231 e. The van der Waals surface area contributed by atoms with Crippen LogP contribution in [-0.2, 0) is 6.54 Å². The van der Waals surface area contributed by atoms with Gasteiger partial charge in [0.1, 0.15) is 5.82 Å². The number of hydrogen-bond acceptors (Lipinski definition) is 5. The standard InChI is InChI=1S/C21H31N3O2/c1-4-17(12-20(22-3)24-10-8-16(2)9-11-24)13-23-14-18-6-5-7-19-21(18)26-15-25-19/h4-7,12,16,22-23H,8-11,13-15H2,1-3H3/b17-4+,20-12+. The first kappa shape index (κ1) is 18.6. The van der Waals surface area contributed by atoms with Crippen molar-refractivity contribution in [3.05, 3.63) is 47.3 Å². The fourth-order valence-corrected chi connectivity index (χ4v) is 3.45. The summed E-state index contributed by atoms with van der Waals surface area (Å²) in [4.78, 5) is 2.46. The van der Waals surface area contributed by atoms with Crippen LogP contribution in [0.15, 0.2) is 41.7 Å². The van der Waals surface area contributed by atoms with E-state index >= 15 is 0 Å². The molecule has 2 N–H and O–H groups in total. The Balaban J connectivity index is 1.56. The predicted octanol–water partition coefficient (Wildman–Crippen LogP) is 3.24. The second-order valence-corrected chi connectivity index (χ2v) is 7.07. The molecule has 0 atom stereocenters. The third kappa shape index (κ3) is 4.52. The van der Waals surface area contributed by atoms with Crippen LogP contribution in [0.25, 0.3) is 0 Å². The monoisotopic (exact) mass is 357 g/mol. The zero-order valence-electron chi connectivity index (χ0n) is 16.2. The minimum Gasteiger partial charge on any atom is -0.454 e. The molecular formula is C21H31N3O2. The van der Waals surface area contributed by atoms with Crippen LogP contribution in [0.2, 0.25) is 0 Å². The van der Waals surface area contributed by atoms with Crippen molar-refractivity contribution in [3.63, 3.8) is 0 Å². The molecule has 2 aliphatic rings. The summed E-state index contributed by atoms with van der Waals surface area (Å²) in [7, 11) is 2.01. The van der Waals surface area contributed by atoms with Crippen molar-refractivity contribution in [2.45, 2.75) is 33.2 Å². The summed E-state index contributed by atoms with van der Waals surface area (Å²) in [5.41, 5.74) is 2.41. The number of fused-ring (bicyclic) bond motifs is 1. The van der Waals surface area contributed by atoms with E-state index in [-0.39, 0.29) is 0 Å². The second kappa shape index (κ2) is 8.99. The molecule has 0 spiro atoms. The molecule has 5 nitrogen and oxygen atoms in total. The first-order chi connectivity index (χ1) is 12.7. The SMILES string of the molecule is C/C=C(\C=C(/NC)N1CCC(C)CC1)CNCc1cccc2c1OCO2. The minimum absolute atomic E-state index is 0.315. The van der Waals surface area contributed by atoms with E-state index in [4.69, 9.17) is 9.47 Å². The van der Waals surface area contributed by atoms with Crippen molar-refractivity contribution in [1.29, 1.82) is 0 Å². The van der Waals surface area contributed by atoms with Gasteiger partial charge in [-0.3, -0.25) is 0 Å². The van der Waals surface area contributed by atoms with Crippen LogP contribution in [-0.4, -0.2) is 38.4 Å². The Morgan fingerprint density at radius 2 is 2.08 bits per heavy atom. The molecule has 0 aromatic heterocycles. The molecule has 0 aliphatic carbocycles. The Labute approximate surface area is 157 Å². The number of hydrogen-bond donors (Lipinski definition) is 2. The van der Waals surface area contributed by atoms with E-state index in [2.05, 4.69) is 47.6 Å². The Bertz CT molecular complexity index is 661. The molecule has 0 radical (unpaired) electrons. The lowest BCUT2D eigenvalue weighted by Gasteiger charge is -2.33. The average molecular weight is 357 g/mol. The van der Waals surface area contributed by atoms with Crippen molar-refractivity contribution in [3.8, 4) is 11.5 Å². The van der Waals surface area contributed by atoms with Gasteiger partial charge in [0.25, 0.3) is 0 Å². The van der Waals surface area contributed by atoms with Gasteiger partial charge in [0.15, 0.2) is 11.5 Å². The summed E-state index contributed by atoms with van der Waals surface area (Å²) >= 11 is 0. The lowest BCUT2D eigenvalue weighted by atomic mass is 9.99. The number of allylic oxidation sites excluding steroid dienone is 1. The summed E-state index contributed by atoms with van der Waals surface area (Å²) in [6.45, 7) is 8.59. The predicted molar refractivity (Wildman–Crippen MR) is 105 cm³/mol. The van der Waals surface area contributed by atoms with E-state index in [1.54, 1.807) is 0 Å². The van der Waals surface area contributed by atoms with E-state index in [9.17, 15) is 0 Å². The Hall–Kier alpha value is -2.14. The largest absolute Gasteiger partial charge is 0.454 e. The Kier molecular flexibility index (Phi) is 6.45. The number of nitrogens with one attached hydrogen (secondary N) is 2. The topological polar surface area (TPSA) is 45.8 Å². The van der Waals surface area contributed by atoms with E-state index in [1.807, 2.05) is 19.2 Å². The highest BCUT2D eigenvalue weighted by Gasteiger charge is 2.18. The summed E-state index contributed by atoms with van der Waals surface area (Å²) in [5, 5.41) is 6.90. The van der Waals surface area contributed by atoms with Crippen LogP contribution in [0.3, 0.4) is 0 Å². The molecule has 0 bridgehead atoms. The molecule has 5 heteroatoms. The summed E-state index contributed by atoms with van der Waals surface area (Å²) < 4.78 is 11.0. The highest BCUT2D eigenvalue weighted by Crippen LogP contribution is 2.35. The third-order valence-electron chi connectivity index (χ3n) is 5.20. The molecule has 1 aromatic carbocycles. The zero-order valence-corrected chi connectivity index (χ0v) is 16.2. The highest BCUT2D eigenvalue weighted by atomic mass is 16.7. The molecule has 0 unspecified atom stereocenters. The van der Waals surface area contributed by atoms with Crippen LogP contribution in [0.1, 0.15) is 32.3 Å². The number of piperidine rings is 1. The molecule has 26 heavy (non-hydrogen) atoms. The molecule has 142 valence electrons. The van der Waals surface area contributed by atoms with Gasteiger partial charge in [-0.2, -0.15) is 0 Å². The van der Waals surface area contributed by atoms with Gasteiger partial charge >= 0.3 is 0 Å². The molecular weight excluding hydrogens is 326 g/mol. The van der Waals surface area contributed by atoms with Gasteiger partial charge in [0.2, 0.25) is 6.79 Å². The van der Waals surface area contributed by atoms with Crippen LogP contribution in [0, 0.1) is 5.92 Å². The van der Waals surface area contributed by atoms with Gasteiger partial charge in [-0.25, -0.2) is 0 Å². The van der Waals surface area contributed by atoms with Gasteiger partial charge < -0.3 is 25.0 Å². The summed E-state index contributed by atoms with van der Waals surface area (Å²) in [6, 6.07) is 6.04. The van der Waals surface area contributed by atoms with Crippen LogP contribution >= 0.6 is 0 Å².